The standard InChI is InChI=1S/C8H13N3O2S/c1-5-7(8(12)11-9)14-6(10-5)3-4-13-2/h3-4,9H2,1-2H3,(H,11,12). The highest BCUT2D eigenvalue weighted by Crippen LogP contribution is 2.18. The summed E-state index contributed by atoms with van der Waals surface area (Å²) in [4.78, 5) is 16.0. The van der Waals surface area contributed by atoms with Crippen molar-refractivity contribution in [2.45, 2.75) is 13.3 Å². The average Bonchev–Trinajstić information content (AvgIpc) is 2.55. The predicted molar refractivity (Wildman–Crippen MR) is 54.1 cm³/mol. The van der Waals surface area contributed by atoms with E-state index in [0.717, 1.165) is 11.4 Å². The predicted octanol–water partition coefficient (Wildman–Crippen LogP) is 0.244. The number of thiazole rings is 1. The number of amides is 1. The molecule has 0 aliphatic carbocycles. The number of hydrogen-bond acceptors (Lipinski definition) is 5. The molecule has 0 spiro atoms. The molecule has 14 heavy (non-hydrogen) atoms. The highest BCUT2D eigenvalue weighted by molar-refractivity contribution is 7.13. The van der Waals surface area contributed by atoms with Crippen LogP contribution in [0.25, 0.3) is 0 Å². The van der Waals surface area contributed by atoms with E-state index in [1.165, 1.54) is 11.3 Å². The molecule has 1 heterocycles. The van der Waals surface area contributed by atoms with Crippen LogP contribution in [0.5, 0.6) is 0 Å². The summed E-state index contributed by atoms with van der Waals surface area (Å²) in [7, 11) is 1.63. The Morgan fingerprint density at radius 3 is 3.00 bits per heavy atom. The maximum absolute atomic E-state index is 11.2. The number of nitrogens with two attached hydrogens (primary N) is 1. The molecule has 1 amide bonds. The van der Waals surface area contributed by atoms with E-state index in [-0.39, 0.29) is 5.91 Å². The van der Waals surface area contributed by atoms with E-state index in [0.29, 0.717) is 17.2 Å². The van der Waals surface area contributed by atoms with Crippen molar-refractivity contribution in [1.82, 2.24) is 10.4 Å². The Morgan fingerprint density at radius 1 is 1.71 bits per heavy atom. The quantitative estimate of drug-likeness (QED) is 0.428. The number of carbonyl (C=O) groups is 1. The second-order valence-corrected chi connectivity index (χ2v) is 3.82. The van der Waals surface area contributed by atoms with Crippen LogP contribution >= 0.6 is 11.3 Å². The minimum Gasteiger partial charge on any atom is -0.384 e. The molecule has 0 saturated carbocycles. The number of carbonyl (C=O) groups excluding carboxylic acids is 1. The van der Waals surface area contributed by atoms with Gasteiger partial charge in [0.05, 0.1) is 17.3 Å². The molecule has 0 saturated heterocycles. The zero-order valence-electron chi connectivity index (χ0n) is 8.16. The summed E-state index contributed by atoms with van der Waals surface area (Å²) in [6, 6.07) is 0. The molecule has 0 unspecified atom stereocenters. The SMILES string of the molecule is COCCc1nc(C)c(C(=O)NN)s1. The Morgan fingerprint density at radius 2 is 2.43 bits per heavy atom. The van der Waals surface area contributed by atoms with Crippen LogP contribution in [0.3, 0.4) is 0 Å². The molecule has 0 aliphatic heterocycles. The number of nitrogens with one attached hydrogen (secondary N) is 1. The Kier molecular flexibility index (Phi) is 3.99. The van der Waals surface area contributed by atoms with Gasteiger partial charge in [-0.25, -0.2) is 10.8 Å². The van der Waals surface area contributed by atoms with Gasteiger partial charge < -0.3 is 4.74 Å². The van der Waals surface area contributed by atoms with Gasteiger partial charge >= 0.3 is 0 Å². The van der Waals surface area contributed by atoms with Crippen LogP contribution in [0.4, 0.5) is 0 Å². The van der Waals surface area contributed by atoms with Crippen LogP contribution in [0, 0.1) is 6.92 Å². The monoisotopic (exact) mass is 215 g/mol. The van der Waals surface area contributed by atoms with Crippen LogP contribution in [-0.4, -0.2) is 24.6 Å². The van der Waals surface area contributed by atoms with Crippen LogP contribution in [0.2, 0.25) is 0 Å². The molecule has 78 valence electrons. The number of rotatable bonds is 4. The summed E-state index contributed by atoms with van der Waals surface area (Å²) < 4.78 is 4.92. The van der Waals surface area contributed by atoms with E-state index >= 15 is 0 Å². The summed E-state index contributed by atoms with van der Waals surface area (Å²) >= 11 is 1.35. The van der Waals surface area contributed by atoms with Gasteiger partial charge in [-0.05, 0) is 6.92 Å². The molecule has 6 heteroatoms. The third-order valence-electron chi connectivity index (χ3n) is 1.70. The van der Waals surface area contributed by atoms with E-state index in [1.54, 1.807) is 14.0 Å². The molecule has 0 radical (unpaired) electrons. The highest BCUT2D eigenvalue weighted by atomic mass is 32.1. The van der Waals surface area contributed by atoms with Gasteiger partial charge in [-0.15, -0.1) is 11.3 Å². The molecule has 0 aromatic carbocycles. The summed E-state index contributed by atoms with van der Waals surface area (Å²) in [5.41, 5.74) is 2.80. The number of nitrogen functional groups attached to an aromatic ring is 1. The molecule has 0 bridgehead atoms. The van der Waals surface area contributed by atoms with Crippen molar-refractivity contribution in [2.75, 3.05) is 13.7 Å². The summed E-state index contributed by atoms with van der Waals surface area (Å²) in [5, 5.41) is 0.892. The van der Waals surface area contributed by atoms with E-state index in [9.17, 15) is 4.79 Å². The molecule has 1 aromatic rings. The highest BCUT2D eigenvalue weighted by Gasteiger charge is 2.13. The first-order valence-corrected chi connectivity index (χ1v) is 4.97. The van der Waals surface area contributed by atoms with Gasteiger partial charge in [0.2, 0.25) is 0 Å². The number of aryl methyl sites for hydroxylation is 1. The molecule has 1 rings (SSSR count). The smallest absolute Gasteiger partial charge is 0.277 e. The van der Waals surface area contributed by atoms with Gasteiger partial charge in [-0.3, -0.25) is 10.2 Å². The number of ether oxygens (including phenoxy) is 1. The third-order valence-corrected chi connectivity index (χ3v) is 2.91. The number of nitrogens with zero attached hydrogens (tertiary/aromatic N) is 1. The van der Waals surface area contributed by atoms with Gasteiger partial charge in [-0.1, -0.05) is 0 Å². The Labute approximate surface area is 86.3 Å². The van der Waals surface area contributed by atoms with Crippen molar-refractivity contribution in [3.05, 3.63) is 15.6 Å². The number of hydrazine groups is 1. The Hall–Kier alpha value is -0.980. The second kappa shape index (κ2) is 5.04. The van der Waals surface area contributed by atoms with Crippen molar-refractivity contribution < 1.29 is 9.53 Å². The van der Waals surface area contributed by atoms with E-state index in [4.69, 9.17) is 10.6 Å². The first-order valence-electron chi connectivity index (χ1n) is 4.15. The van der Waals surface area contributed by atoms with E-state index < -0.39 is 0 Å². The van der Waals surface area contributed by atoms with E-state index in [1.807, 2.05) is 0 Å². The lowest BCUT2D eigenvalue weighted by Gasteiger charge is -1.94. The van der Waals surface area contributed by atoms with Gasteiger partial charge in [-0.2, -0.15) is 0 Å². The third kappa shape index (κ3) is 2.50. The fourth-order valence-corrected chi connectivity index (χ4v) is 1.97. The first-order chi connectivity index (χ1) is 6.69. The molecule has 0 atom stereocenters. The zero-order valence-corrected chi connectivity index (χ0v) is 8.98. The average molecular weight is 215 g/mol. The topological polar surface area (TPSA) is 77.2 Å². The van der Waals surface area contributed by atoms with Gasteiger partial charge in [0.1, 0.15) is 4.88 Å². The maximum Gasteiger partial charge on any atom is 0.277 e. The number of hydrogen-bond donors (Lipinski definition) is 2. The molecular weight excluding hydrogens is 202 g/mol. The summed E-state index contributed by atoms with van der Waals surface area (Å²) in [5.74, 6) is 4.75. The van der Waals surface area contributed by atoms with Crippen molar-refractivity contribution in [3.8, 4) is 0 Å². The Balaban J connectivity index is 2.77. The molecule has 5 nitrogen and oxygen atoms in total. The number of aromatic nitrogens is 1. The second-order valence-electron chi connectivity index (χ2n) is 2.74. The fourth-order valence-electron chi connectivity index (χ4n) is 1.02. The Bertz CT molecular complexity index is 324. The van der Waals surface area contributed by atoms with Gasteiger partial charge in [0, 0.05) is 13.5 Å². The molecule has 0 aliphatic rings. The van der Waals surface area contributed by atoms with Crippen molar-refractivity contribution in [3.63, 3.8) is 0 Å². The fraction of sp³-hybridized carbons (Fsp3) is 0.500. The molecular formula is C8H13N3O2S. The normalized spacial score (nSPS) is 10.2. The van der Waals surface area contributed by atoms with Crippen molar-refractivity contribution >= 4 is 17.2 Å². The largest absolute Gasteiger partial charge is 0.384 e. The minimum absolute atomic E-state index is 0.288. The van der Waals surface area contributed by atoms with Crippen LogP contribution < -0.4 is 11.3 Å². The van der Waals surface area contributed by atoms with Crippen LogP contribution in [0.1, 0.15) is 20.4 Å². The minimum atomic E-state index is -0.288. The molecule has 1 aromatic heterocycles. The summed E-state index contributed by atoms with van der Waals surface area (Å²) in [6.07, 6.45) is 0.722. The zero-order chi connectivity index (χ0) is 10.6. The number of methoxy groups -OCH3 is 1. The van der Waals surface area contributed by atoms with Crippen LogP contribution in [0.15, 0.2) is 0 Å². The lowest BCUT2D eigenvalue weighted by Crippen LogP contribution is -2.29. The molecule has 0 fully saturated rings. The lowest BCUT2D eigenvalue weighted by atomic mass is 10.4. The van der Waals surface area contributed by atoms with Crippen molar-refractivity contribution in [2.24, 2.45) is 5.84 Å². The maximum atomic E-state index is 11.2. The van der Waals surface area contributed by atoms with Crippen LogP contribution in [-0.2, 0) is 11.2 Å². The molecule has 3 N–H and O–H groups in total. The van der Waals surface area contributed by atoms with Gasteiger partial charge in [0.25, 0.3) is 5.91 Å². The van der Waals surface area contributed by atoms with Crippen molar-refractivity contribution in [1.29, 1.82) is 0 Å². The lowest BCUT2D eigenvalue weighted by molar-refractivity contribution is 0.0957. The van der Waals surface area contributed by atoms with Gasteiger partial charge in [0.15, 0.2) is 0 Å². The van der Waals surface area contributed by atoms with E-state index in [2.05, 4.69) is 10.4 Å². The summed E-state index contributed by atoms with van der Waals surface area (Å²) in [6.45, 7) is 2.40. The first kappa shape index (κ1) is 11.1.